The van der Waals surface area contributed by atoms with Crippen LogP contribution >= 0.6 is 15.9 Å². The van der Waals surface area contributed by atoms with Crippen molar-refractivity contribution >= 4 is 21.6 Å². The zero-order valence-corrected chi connectivity index (χ0v) is 8.82. The quantitative estimate of drug-likeness (QED) is 0.616. The lowest BCUT2D eigenvalue weighted by molar-refractivity contribution is -0.385. The highest BCUT2D eigenvalue weighted by Crippen LogP contribution is 2.27. The molecule has 5 heteroatoms. The lowest BCUT2D eigenvalue weighted by atomic mass is 10.1. The maximum atomic E-state index is 10.6. The summed E-state index contributed by atoms with van der Waals surface area (Å²) < 4.78 is 0.682. The van der Waals surface area contributed by atoms with Crippen LogP contribution in [0.15, 0.2) is 22.7 Å². The molecule has 0 saturated carbocycles. The molecule has 0 amide bonds. The number of hydrogen-bond acceptors (Lipinski definition) is 3. The van der Waals surface area contributed by atoms with Gasteiger partial charge in [0, 0.05) is 22.5 Å². The highest BCUT2D eigenvalue weighted by Gasteiger charge is 2.15. The van der Waals surface area contributed by atoms with Gasteiger partial charge in [0.05, 0.1) is 11.0 Å². The Kier molecular flexibility index (Phi) is 3.60. The molecule has 0 fully saturated rings. The second-order valence-corrected chi connectivity index (χ2v) is 3.51. The number of nitro groups is 1. The Morgan fingerprint density at radius 3 is 2.86 bits per heavy atom. The molecule has 0 unspecified atom stereocenters. The lowest BCUT2D eigenvalue weighted by Gasteiger charge is -2.02. The van der Waals surface area contributed by atoms with Crippen molar-refractivity contribution in [3.05, 3.63) is 38.3 Å². The van der Waals surface area contributed by atoms with Crippen molar-refractivity contribution in [3.8, 4) is 6.07 Å². The predicted molar refractivity (Wildman–Crippen MR) is 54.7 cm³/mol. The SMILES string of the molecule is N#CCCc1c(Br)cccc1[N+](=O)[O-]. The van der Waals surface area contributed by atoms with E-state index >= 15 is 0 Å². The molecule has 72 valence electrons. The Morgan fingerprint density at radius 2 is 2.29 bits per heavy atom. The number of halogens is 1. The normalized spacial score (nSPS) is 9.43. The van der Waals surface area contributed by atoms with Crippen LogP contribution in [0.2, 0.25) is 0 Å². The number of nitro benzene ring substituents is 1. The first-order valence-electron chi connectivity index (χ1n) is 3.95. The molecule has 0 aromatic heterocycles. The maximum absolute atomic E-state index is 10.6. The molecule has 0 saturated heterocycles. The van der Waals surface area contributed by atoms with Gasteiger partial charge in [0.15, 0.2) is 0 Å². The molecule has 1 aromatic carbocycles. The third kappa shape index (κ3) is 2.30. The van der Waals surface area contributed by atoms with E-state index in [1.165, 1.54) is 6.07 Å². The standard InChI is InChI=1S/C9H7BrN2O2/c10-8-4-1-5-9(12(13)14)7(8)3-2-6-11/h1,4-5H,2-3H2. The average molecular weight is 255 g/mol. The molecule has 0 bridgehead atoms. The zero-order valence-electron chi connectivity index (χ0n) is 7.24. The van der Waals surface area contributed by atoms with Crippen LogP contribution in [0.5, 0.6) is 0 Å². The minimum atomic E-state index is -0.433. The van der Waals surface area contributed by atoms with E-state index in [0.717, 1.165) is 0 Å². The molecule has 0 atom stereocenters. The molecule has 4 nitrogen and oxygen atoms in total. The smallest absolute Gasteiger partial charge is 0.258 e. The minimum absolute atomic E-state index is 0.0645. The van der Waals surface area contributed by atoms with Gasteiger partial charge in [-0.3, -0.25) is 10.1 Å². The van der Waals surface area contributed by atoms with Crippen LogP contribution in [0, 0.1) is 21.4 Å². The van der Waals surface area contributed by atoms with Crippen molar-refractivity contribution in [2.24, 2.45) is 0 Å². The highest BCUT2D eigenvalue weighted by atomic mass is 79.9. The van der Waals surface area contributed by atoms with Gasteiger partial charge in [0.1, 0.15) is 0 Å². The Hall–Kier alpha value is -1.41. The average Bonchev–Trinajstić information content (AvgIpc) is 2.15. The van der Waals surface area contributed by atoms with Crippen molar-refractivity contribution in [1.82, 2.24) is 0 Å². The summed E-state index contributed by atoms with van der Waals surface area (Å²) >= 11 is 3.23. The van der Waals surface area contributed by atoms with Crippen molar-refractivity contribution in [3.63, 3.8) is 0 Å². The van der Waals surface area contributed by atoms with Crippen LogP contribution in [0.3, 0.4) is 0 Å². The van der Waals surface area contributed by atoms with Crippen LogP contribution in [0.1, 0.15) is 12.0 Å². The molecule has 0 radical (unpaired) electrons. The lowest BCUT2D eigenvalue weighted by Crippen LogP contribution is -1.96. The van der Waals surface area contributed by atoms with Crippen LogP contribution < -0.4 is 0 Å². The van der Waals surface area contributed by atoms with Gasteiger partial charge in [-0.25, -0.2) is 0 Å². The van der Waals surface area contributed by atoms with E-state index in [2.05, 4.69) is 15.9 Å². The fourth-order valence-corrected chi connectivity index (χ4v) is 1.70. The number of nitriles is 1. The van der Waals surface area contributed by atoms with Crippen LogP contribution in [0.25, 0.3) is 0 Å². The second-order valence-electron chi connectivity index (χ2n) is 2.65. The summed E-state index contributed by atoms with van der Waals surface area (Å²) in [6.45, 7) is 0. The van der Waals surface area contributed by atoms with Crippen LogP contribution in [-0.2, 0) is 6.42 Å². The Morgan fingerprint density at radius 1 is 1.57 bits per heavy atom. The van der Waals surface area contributed by atoms with Gasteiger partial charge in [0.25, 0.3) is 5.69 Å². The molecule has 1 aromatic rings. The number of rotatable bonds is 3. The van der Waals surface area contributed by atoms with Crippen molar-refractivity contribution in [2.45, 2.75) is 12.8 Å². The molecular weight excluding hydrogens is 248 g/mol. The summed E-state index contributed by atoms with van der Waals surface area (Å²) in [5.74, 6) is 0. The summed E-state index contributed by atoms with van der Waals surface area (Å²) in [5, 5.41) is 19.1. The Balaban J connectivity index is 3.10. The molecule has 0 N–H and O–H groups in total. The third-order valence-electron chi connectivity index (χ3n) is 1.78. The number of hydrogen-bond donors (Lipinski definition) is 0. The molecule has 0 aliphatic heterocycles. The molecular formula is C9H7BrN2O2. The minimum Gasteiger partial charge on any atom is -0.258 e. The first-order chi connectivity index (χ1) is 6.66. The van der Waals surface area contributed by atoms with Crippen molar-refractivity contribution < 1.29 is 4.92 Å². The monoisotopic (exact) mass is 254 g/mol. The van der Waals surface area contributed by atoms with E-state index in [4.69, 9.17) is 5.26 Å². The maximum Gasteiger partial charge on any atom is 0.273 e. The van der Waals surface area contributed by atoms with Gasteiger partial charge in [0.2, 0.25) is 0 Å². The molecule has 0 aliphatic rings. The van der Waals surface area contributed by atoms with E-state index in [0.29, 0.717) is 16.5 Å². The fraction of sp³-hybridized carbons (Fsp3) is 0.222. The van der Waals surface area contributed by atoms with E-state index in [9.17, 15) is 10.1 Å². The van der Waals surface area contributed by atoms with Crippen molar-refractivity contribution in [1.29, 1.82) is 5.26 Å². The molecule has 1 rings (SSSR count). The summed E-state index contributed by atoms with van der Waals surface area (Å²) in [7, 11) is 0. The Bertz CT molecular complexity index is 398. The second kappa shape index (κ2) is 4.72. The molecule has 0 heterocycles. The van der Waals surface area contributed by atoms with Gasteiger partial charge < -0.3 is 0 Å². The summed E-state index contributed by atoms with van der Waals surface area (Å²) in [4.78, 5) is 10.2. The van der Waals surface area contributed by atoms with E-state index in [1.54, 1.807) is 12.1 Å². The van der Waals surface area contributed by atoms with E-state index in [-0.39, 0.29) is 12.1 Å². The van der Waals surface area contributed by atoms with Gasteiger partial charge in [-0.15, -0.1) is 0 Å². The van der Waals surface area contributed by atoms with E-state index in [1.807, 2.05) is 6.07 Å². The molecule has 0 spiro atoms. The highest BCUT2D eigenvalue weighted by molar-refractivity contribution is 9.10. The van der Waals surface area contributed by atoms with E-state index < -0.39 is 4.92 Å². The Labute approximate surface area is 89.4 Å². The zero-order chi connectivity index (χ0) is 10.6. The third-order valence-corrected chi connectivity index (χ3v) is 2.52. The first kappa shape index (κ1) is 10.7. The predicted octanol–water partition coefficient (Wildman–Crippen LogP) is 2.81. The summed E-state index contributed by atoms with van der Waals surface area (Å²) in [6.07, 6.45) is 0.678. The summed E-state index contributed by atoms with van der Waals surface area (Å²) in [6, 6.07) is 6.75. The molecule has 14 heavy (non-hydrogen) atoms. The van der Waals surface area contributed by atoms with Crippen LogP contribution in [0.4, 0.5) is 5.69 Å². The summed E-state index contributed by atoms with van der Waals surface area (Å²) in [5.41, 5.74) is 0.647. The first-order valence-corrected chi connectivity index (χ1v) is 4.75. The number of nitrogens with zero attached hydrogens (tertiary/aromatic N) is 2. The van der Waals surface area contributed by atoms with Gasteiger partial charge in [-0.1, -0.05) is 22.0 Å². The topological polar surface area (TPSA) is 66.9 Å². The fourth-order valence-electron chi connectivity index (χ4n) is 1.15. The van der Waals surface area contributed by atoms with Gasteiger partial charge >= 0.3 is 0 Å². The van der Waals surface area contributed by atoms with Crippen molar-refractivity contribution in [2.75, 3.05) is 0 Å². The molecule has 0 aliphatic carbocycles. The number of benzene rings is 1. The van der Waals surface area contributed by atoms with Gasteiger partial charge in [-0.2, -0.15) is 5.26 Å². The van der Waals surface area contributed by atoms with Crippen LogP contribution in [-0.4, -0.2) is 4.92 Å². The van der Waals surface area contributed by atoms with Gasteiger partial charge in [-0.05, 0) is 12.5 Å². The largest absolute Gasteiger partial charge is 0.273 e.